The molecule has 1 amide bonds. The van der Waals surface area contributed by atoms with E-state index in [2.05, 4.69) is 5.32 Å². The van der Waals surface area contributed by atoms with Gasteiger partial charge in [-0.15, -0.1) is 11.3 Å². The summed E-state index contributed by atoms with van der Waals surface area (Å²) < 4.78 is 0. The second-order valence-electron chi connectivity index (χ2n) is 4.88. The fourth-order valence-corrected chi connectivity index (χ4v) is 2.89. The third-order valence-electron chi connectivity index (χ3n) is 3.42. The van der Waals surface area contributed by atoms with Gasteiger partial charge < -0.3 is 10.4 Å². The lowest BCUT2D eigenvalue weighted by Crippen LogP contribution is -2.42. The number of hydrogen-bond acceptors (Lipinski definition) is 3. The molecule has 0 unspecified atom stereocenters. The second-order valence-corrected chi connectivity index (χ2v) is 5.97. The van der Waals surface area contributed by atoms with Gasteiger partial charge in [0.1, 0.15) is 6.04 Å². The van der Waals surface area contributed by atoms with Crippen molar-refractivity contribution in [2.75, 3.05) is 0 Å². The minimum absolute atomic E-state index is 0.268. The van der Waals surface area contributed by atoms with Crippen LogP contribution in [0.15, 0.2) is 35.7 Å². The summed E-state index contributed by atoms with van der Waals surface area (Å²) in [5, 5.41) is 13.7. The molecule has 5 heteroatoms. The number of carboxylic acids is 1. The van der Waals surface area contributed by atoms with Crippen molar-refractivity contribution >= 4 is 23.2 Å². The normalized spacial score (nSPS) is 11.9. The van der Waals surface area contributed by atoms with Gasteiger partial charge in [-0.2, -0.15) is 0 Å². The summed E-state index contributed by atoms with van der Waals surface area (Å²) in [7, 11) is 0. The van der Waals surface area contributed by atoms with Gasteiger partial charge in [-0.25, -0.2) is 4.79 Å². The maximum absolute atomic E-state index is 12.2. The van der Waals surface area contributed by atoms with Crippen molar-refractivity contribution in [2.24, 2.45) is 0 Å². The van der Waals surface area contributed by atoms with Crippen LogP contribution < -0.4 is 5.32 Å². The first-order valence-electron chi connectivity index (χ1n) is 6.61. The van der Waals surface area contributed by atoms with Crippen molar-refractivity contribution < 1.29 is 14.7 Å². The average molecular weight is 303 g/mol. The molecule has 0 radical (unpaired) electrons. The fourth-order valence-electron chi connectivity index (χ4n) is 2.02. The van der Waals surface area contributed by atoms with Gasteiger partial charge in [-0.1, -0.05) is 30.3 Å². The number of aryl methyl sites for hydroxylation is 1. The SMILES string of the molecule is Cc1scc(C(=O)N[C@@H](Cc2ccccc2)C(=O)O)c1C. The summed E-state index contributed by atoms with van der Waals surface area (Å²) in [5.74, 6) is -1.36. The lowest BCUT2D eigenvalue weighted by atomic mass is 10.1. The predicted molar refractivity (Wildman–Crippen MR) is 82.8 cm³/mol. The molecule has 0 saturated heterocycles. The molecular weight excluding hydrogens is 286 g/mol. The summed E-state index contributed by atoms with van der Waals surface area (Å²) in [6.07, 6.45) is 0.268. The zero-order valence-corrected chi connectivity index (χ0v) is 12.7. The minimum Gasteiger partial charge on any atom is -0.480 e. The van der Waals surface area contributed by atoms with Crippen LogP contribution in [-0.2, 0) is 11.2 Å². The van der Waals surface area contributed by atoms with Gasteiger partial charge in [0.05, 0.1) is 5.56 Å². The first kappa shape index (κ1) is 15.3. The number of aliphatic carboxylic acids is 1. The molecule has 4 nitrogen and oxygen atoms in total. The maximum Gasteiger partial charge on any atom is 0.326 e. The van der Waals surface area contributed by atoms with Crippen LogP contribution in [0.25, 0.3) is 0 Å². The van der Waals surface area contributed by atoms with Crippen molar-refractivity contribution in [1.29, 1.82) is 0 Å². The highest BCUT2D eigenvalue weighted by Crippen LogP contribution is 2.20. The van der Waals surface area contributed by atoms with Crippen LogP contribution in [0, 0.1) is 13.8 Å². The molecule has 0 fully saturated rings. The summed E-state index contributed by atoms with van der Waals surface area (Å²) in [6.45, 7) is 3.81. The van der Waals surface area contributed by atoms with E-state index in [0.717, 1.165) is 16.0 Å². The van der Waals surface area contributed by atoms with Gasteiger partial charge in [-0.3, -0.25) is 4.79 Å². The third-order valence-corrected chi connectivity index (χ3v) is 4.43. The van der Waals surface area contributed by atoms with Crippen molar-refractivity contribution in [3.05, 3.63) is 57.3 Å². The highest BCUT2D eigenvalue weighted by atomic mass is 32.1. The Hall–Kier alpha value is -2.14. The number of amides is 1. The maximum atomic E-state index is 12.2. The molecule has 0 aliphatic carbocycles. The fraction of sp³-hybridized carbons (Fsp3) is 0.250. The number of hydrogen-bond donors (Lipinski definition) is 2. The Labute approximate surface area is 127 Å². The van der Waals surface area contributed by atoms with E-state index in [-0.39, 0.29) is 12.3 Å². The average Bonchev–Trinajstić information content (AvgIpc) is 2.79. The zero-order chi connectivity index (χ0) is 15.4. The van der Waals surface area contributed by atoms with Crippen LogP contribution in [0.2, 0.25) is 0 Å². The molecule has 0 spiro atoms. The molecule has 1 heterocycles. The van der Waals surface area contributed by atoms with Crippen molar-refractivity contribution in [2.45, 2.75) is 26.3 Å². The Bertz CT molecular complexity index is 649. The number of benzene rings is 1. The quantitative estimate of drug-likeness (QED) is 0.892. The smallest absolute Gasteiger partial charge is 0.326 e. The number of rotatable bonds is 5. The van der Waals surface area contributed by atoms with E-state index < -0.39 is 12.0 Å². The van der Waals surface area contributed by atoms with Crippen LogP contribution in [0.3, 0.4) is 0 Å². The minimum atomic E-state index is -1.03. The van der Waals surface area contributed by atoms with Gasteiger partial charge in [0.2, 0.25) is 0 Å². The number of carbonyl (C=O) groups excluding carboxylic acids is 1. The van der Waals surface area contributed by atoms with Crippen LogP contribution in [0.4, 0.5) is 0 Å². The van der Waals surface area contributed by atoms with Gasteiger partial charge >= 0.3 is 5.97 Å². The van der Waals surface area contributed by atoms with E-state index >= 15 is 0 Å². The molecule has 1 atom stereocenters. The molecule has 0 aliphatic rings. The Morgan fingerprint density at radius 3 is 2.43 bits per heavy atom. The molecule has 1 aromatic heterocycles. The van der Waals surface area contributed by atoms with Gasteiger partial charge in [0.15, 0.2) is 0 Å². The number of nitrogens with one attached hydrogen (secondary N) is 1. The van der Waals surface area contributed by atoms with E-state index in [1.807, 2.05) is 44.2 Å². The van der Waals surface area contributed by atoms with E-state index in [9.17, 15) is 14.7 Å². The lowest BCUT2D eigenvalue weighted by molar-refractivity contribution is -0.139. The standard InChI is InChI=1S/C16H17NO3S/c1-10-11(2)21-9-13(10)15(18)17-14(16(19)20)8-12-6-4-3-5-7-12/h3-7,9,14H,8H2,1-2H3,(H,17,18)(H,19,20)/t14-/m0/s1. The number of carbonyl (C=O) groups is 2. The van der Waals surface area contributed by atoms with Crippen molar-refractivity contribution in [1.82, 2.24) is 5.32 Å². The summed E-state index contributed by atoms with van der Waals surface area (Å²) in [6, 6.07) is 8.34. The molecule has 0 bridgehead atoms. The largest absolute Gasteiger partial charge is 0.480 e. The Balaban J connectivity index is 2.11. The van der Waals surface area contributed by atoms with Crippen LogP contribution in [-0.4, -0.2) is 23.0 Å². The van der Waals surface area contributed by atoms with Gasteiger partial charge in [-0.05, 0) is 25.0 Å². The van der Waals surface area contributed by atoms with Crippen LogP contribution >= 0.6 is 11.3 Å². The highest BCUT2D eigenvalue weighted by molar-refractivity contribution is 7.10. The monoisotopic (exact) mass is 303 g/mol. The predicted octanol–water partition coefficient (Wildman–Crippen LogP) is 2.79. The van der Waals surface area contributed by atoms with Crippen LogP contribution in [0.5, 0.6) is 0 Å². The molecule has 110 valence electrons. The molecule has 0 saturated carbocycles. The molecule has 21 heavy (non-hydrogen) atoms. The van der Waals surface area contributed by atoms with E-state index in [1.54, 1.807) is 5.38 Å². The van der Waals surface area contributed by atoms with E-state index in [4.69, 9.17) is 0 Å². The topological polar surface area (TPSA) is 66.4 Å². The Morgan fingerprint density at radius 1 is 1.24 bits per heavy atom. The number of carboxylic acid groups (broad SMARTS) is 1. The lowest BCUT2D eigenvalue weighted by Gasteiger charge is -2.14. The van der Waals surface area contributed by atoms with E-state index in [0.29, 0.717) is 5.56 Å². The molecule has 2 rings (SSSR count). The second kappa shape index (κ2) is 6.54. The molecule has 2 aromatic rings. The number of thiophene rings is 1. The first-order chi connectivity index (χ1) is 9.99. The molecule has 1 aromatic carbocycles. The van der Waals surface area contributed by atoms with Crippen molar-refractivity contribution in [3.63, 3.8) is 0 Å². The molecule has 0 aliphatic heterocycles. The van der Waals surface area contributed by atoms with Gasteiger partial charge in [0.25, 0.3) is 5.91 Å². The summed E-state index contributed by atoms with van der Waals surface area (Å²) in [4.78, 5) is 24.6. The molecule has 2 N–H and O–H groups in total. The van der Waals surface area contributed by atoms with Crippen molar-refractivity contribution in [3.8, 4) is 0 Å². The third kappa shape index (κ3) is 3.70. The first-order valence-corrected chi connectivity index (χ1v) is 7.49. The summed E-state index contributed by atoms with van der Waals surface area (Å²) in [5.41, 5.74) is 2.33. The van der Waals surface area contributed by atoms with Crippen LogP contribution in [0.1, 0.15) is 26.4 Å². The zero-order valence-electron chi connectivity index (χ0n) is 11.9. The highest BCUT2D eigenvalue weighted by Gasteiger charge is 2.22. The molecular formula is C16H17NO3S. The Morgan fingerprint density at radius 2 is 1.90 bits per heavy atom. The Kier molecular flexibility index (Phi) is 4.75. The van der Waals surface area contributed by atoms with Gasteiger partial charge in [0, 0.05) is 16.7 Å². The summed E-state index contributed by atoms with van der Waals surface area (Å²) >= 11 is 1.49. The van der Waals surface area contributed by atoms with E-state index in [1.165, 1.54) is 11.3 Å².